The Hall–Kier alpha value is -2.20. The van der Waals surface area contributed by atoms with E-state index in [2.05, 4.69) is 36.2 Å². The van der Waals surface area contributed by atoms with Gasteiger partial charge in [-0.15, -0.1) is 0 Å². The molecule has 5 rings (SSSR count). The summed E-state index contributed by atoms with van der Waals surface area (Å²) in [7, 11) is 2.16. The number of benzene rings is 2. The highest BCUT2D eigenvalue weighted by Gasteiger charge is 2.45. The minimum absolute atomic E-state index is 0.0934. The smallest absolute Gasteiger partial charge is 0.188 e. The van der Waals surface area contributed by atoms with Crippen molar-refractivity contribution in [3.63, 3.8) is 0 Å². The van der Waals surface area contributed by atoms with Crippen LogP contribution in [0.5, 0.6) is 0 Å². The zero-order chi connectivity index (χ0) is 19.1. The van der Waals surface area contributed by atoms with E-state index in [1.807, 2.05) is 12.1 Å². The van der Waals surface area contributed by atoms with Crippen molar-refractivity contribution in [2.24, 2.45) is 10.9 Å². The monoisotopic (exact) mass is 378 g/mol. The van der Waals surface area contributed by atoms with Gasteiger partial charge in [0.05, 0.1) is 6.54 Å². The summed E-state index contributed by atoms with van der Waals surface area (Å²) in [6, 6.07) is 15.6. The third-order valence-electron chi connectivity index (χ3n) is 6.62. The molecule has 3 unspecified atom stereocenters. The average Bonchev–Trinajstić information content (AvgIpc) is 3.09. The summed E-state index contributed by atoms with van der Waals surface area (Å²) in [5.74, 6) is 0.970. The first kappa shape index (κ1) is 17.9. The number of likely N-dealkylation sites (N-methyl/N-ethyl adjacent to an activating group) is 1. The van der Waals surface area contributed by atoms with E-state index < -0.39 is 0 Å². The molecule has 2 aliphatic heterocycles. The number of piperidine rings is 1. The topological polar surface area (TPSA) is 24.8 Å². The van der Waals surface area contributed by atoms with Gasteiger partial charge in [-0.2, -0.15) is 0 Å². The first-order valence-electron chi connectivity index (χ1n) is 10.4. The summed E-state index contributed by atoms with van der Waals surface area (Å²) in [5, 5.41) is 0. The molecule has 1 saturated heterocycles. The predicted molar refractivity (Wildman–Crippen MR) is 109 cm³/mol. The van der Waals surface area contributed by atoms with Gasteiger partial charge in [0.1, 0.15) is 11.4 Å². The maximum atomic E-state index is 14.1. The van der Waals surface area contributed by atoms with Crippen LogP contribution in [-0.2, 0) is 11.2 Å². The number of aliphatic imine (C=N–C) groups is 1. The average molecular weight is 378 g/mol. The van der Waals surface area contributed by atoms with Crippen molar-refractivity contribution >= 4 is 5.90 Å². The normalized spacial score (nSPS) is 30.0. The number of rotatable bonds is 2. The summed E-state index contributed by atoms with van der Waals surface area (Å²) >= 11 is 0. The molecule has 1 aliphatic carbocycles. The Kier molecular flexibility index (Phi) is 4.47. The molecule has 0 N–H and O–H groups in total. The van der Waals surface area contributed by atoms with Crippen LogP contribution in [0, 0.1) is 11.7 Å². The molecule has 146 valence electrons. The number of hydrogen-bond donors (Lipinski definition) is 0. The van der Waals surface area contributed by atoms with E-state index in [9.17, 15) is 4.39 Å². The lowest BCUT2D eigenvalue weighted by molar-refractivity contribution is 0.00832. The highest BCUT2D eigenvalue weighted by molar-refractivity contribution is 5.83. The van der Waals surface area contributed by atoms with Crippen molar-refractivity contribution < 1.29 is 9.13 Å². The molecule has 0 aromatic heterocycles. The van der Waals surface area contributed by atoms with Gasteiger partial charge >= 0.3 is 0 Å². The molecule has 3 atom stereocenters. The highest BCUT2D eigenvalue weighted by Crippen LogP contribution is 2.44. The number of ether oxygens (including phenoxy) is 1. The van der Waals surface area contributed by atoms with Crippen LogP contribution in [-0.4, -0.2) is 43.1 Å². The van der Waals surface area contributed by atoms with E-state index in [4.69, 9.17) is 9.73 Å². The fourth-order valence-electron chi connectivity index (χ4n) is 5.37. The number of nitrogens with zero attached hydrogens (tertiary/aromatic N) is 2. The maximum absolute atomic E-state index is 14.1. The second kappa shape index (κ2) is 7.00. The van der Waals surface area contributed by atoms with Crippen LogP contribution >= 0.6 is 0 Å². The summed E-state index contributed by atoms with van der Waals surface area (Å²) in [5.41, 5.74) is 3.51. The van der Waals surface area contributed by atoms with Crippen molar-refractivity contribution in [1.29, 1.82) is 0 Å². The second-order valence-corrected chi connectivity index (χ2v) is 8.66. The quantitative estimate of drug-likeness (QED) is 0.773. The standard InChI is InChI=1S/C24H27FN2O/c1-27-13-5-12-24(16-27)15-26-23(28-24)21-11-10-17-6-2-3-9-20(17)22(21)18-7-4-8-19(25)14-18/h2-4,6-9,14,21-22H,5,10-13,15-16H2,1H3. The van der Waals surface area contributed by atoms with E-state index in [0.29, 0.717) is 0 Å². The summed E-state index contributed by atoms with van der Waals surface area (Å²) in [4.78, 5) is 7.27. The van der Waals surface area contributed by atoms with Gasteiger partial charge in [-0.1, -0.05) is 36.4 Å². The molecule has 28 heavy (non-hydrogen) atoms. The van der Waals surface area contributed by atoms with Crippen LogP contribution < -0.4 is 0 Å². The number of aryl methyl sites for hydroxylation is 1. The lowest BCUT2D eigenvalue weighted by Crippen LogP contribution is -2.49. The van der Waals surface area contributed by atoms with Gasteiger partial charge in [0.15, 0.2) is 5.90 Å². The molecular formula is C24H27FN2O. The van der Waals surface area contributed by atoms with Gasteiger partial charge in [-0.3, -0.25) is 4.99 Å². The Balaban J connectivity index is 1.50. The summed E-state index contributed by atoms with van der Waals surface area (Å²) in [6.07, 6.45) is 4.23. The van der Waals surface area contributed by atoms with Crippen LogP contribution in [0.4, 0.5) is 4.39 Å². The summed E-state index contributed by atoms with van der Waals surface area (Å²) in [6.45, 7) is 2.82. The Morgan fingerprint density at radius 2 is 2.07 bits per heavy atom. The van der Waals surface area contributed by atoms with E-state index in [-0.39, 0.29) is 23.3 Å². The van der Waals surface area contributed by atoms with Crippen molar-refractivity contribution in [2.45, 2.75) is 37.2 Å². The molecule has 1 spiro atoms. The Morgan fingerprint density at radius 3 is 2.93 bits per heavy atom. The molecule has 2 aromatic rings. The van der Waals surface area contributed by atoms with Crippen LogP contribution in [0.15, 0.2) is 53.5 Å². The van der Waals surface area contributed by atoms with E-state index >= 15 is 0 Å². The number of halogens is 1. The molecule has 4 heteroatoms. The lowest BCUT2D eigenvalue weighted by Gasteiger charge is -2.39. The van der Waals surface area contributed by atoms with Crippen LogP contribution in [0.3, 0.4) is 0 Å². The van der Waals surface area contributed by atoms with Gasteiger partial charge < -0.3 is 9.64 Å². The molecule has 3 aliphatic rings. The van der Waals surface area contributed by atoms with Gasteiger partial charge in [0, 0.05) is 18.4 Å². The van der Waals surface area contributed by atoms with E-state index in [1.54, 1.807) is 6.07 Å². The highest BCUT2D eigenvalue weighted by atomic mass is 19.1. The number of hydrogen-bond acceptors (Lipinski definition) is 3. The van der Waals surface area contributed by atoms with Crippen molar-refractivity contribution in [1.82, 2.24) is 4.90 Å². The molecule has 0 saturated carbocycles. The summed E-state index contributed by atoms with van der Waals surface area (Å²) < 4.78 is 20.7. The van der Waals surface area contributed by atoms with Crippen LogP contribution in [0.25, 0.3) is 0 Å². The molecule has 2 aromatic carbocycles. The van der Waals surface area contributed by atoms with Crippen LogP contribution in [0.1, 0.15) is 41.9 Å². The minimum Gasteiger partial charge on any atom is -0.471 e. The molecule has 2 heterocycles. The first-order chi connectivity index (χ1) is 13.6. The second-order valence-electron chi connectivity index (χ2n) is 8.66. The van der Waals surface area contributed by atoms with E-state index in [0.717, 1.165) is 56.8 Å². The van der Waals surface area contributed by atoms with Crippen molar-refractivity contribution in [3.05, 3.63) is 71.0 Å². The van der Waals surface area contributed by atoms with Gasteiger partial charge in [-0.25, -0.2) is 4.39 Å². The Bertz CT molecular complexity index is 911. The molecule has 3 nitrogen and oxygen atoms in total. The molecule has 0 amide bonds. The predicted octanol–water partition coefficient (Wildman–Crippen LogP) is 4.41. The number of fused-ring (bicyclic) bond motifs is 1. The first-order valence-corrected chi connectivity index (χ1v) is 10.4. The third-order valence-corrected chi connectivity index (χ3v) is 6.62. The maximum Gasteiger partial charge on any atom is 0.188 e. The lowest BCUT2D eigenvalue weighted by atomic mass is 9.71. The van der Waals surface area contributed by atoms with Crippen LogP contribution in [0.2, 0.25) is 0 Å². The fourth-order valence-corrected chi connectivity index (χ4v) is 5.37. The van der Waals surface area contributed by atoms with Crippen molar-refractivity contribution in [2.75, 3.05) is 26.7 Å². The zero-order valence-electron chi connectivity index (χ0n) is 16.4. The van der Waals surface area contributed by atoms with Gasteiger partial charge in [0.25, 0.3) is 0 Å². The van der Waals surface area contributed by atoms with Gasteiger partial charge in [-0.05, 0) is 68.1 Å². The van der Waals surface area contributed by atoms with Gasteiger partial charge in [0.2, 0.25) is 0 Å². The van der Waals surface area contributed by atoms with Crippen molar-refractivity contribution in [3.8, 4) is 0 Å². The molecule has 1 fully saturated rings. The molecule has 0 radical (unpaired) electrons. The Labute approximate surface area is 166 Å². The zero-order valence-corrected chi connectivity index (χ0v) is 16.4. The third kappa shape index (κ3) is 3.14. The van der Waals surface area contributed by atoms with E-state index in [1.165, 1.54) is 17.2 Å². The molecular weight excluding hydrogens is 351 g/mol. The largest absolute Gasteiger partial charge is 0.471 e. The Morgan fingerprint density at radius 1 is 1.18 bits per heavy atom. The minimum atomic E-state index is -0.182. The molecule has 0 bridgehead atoms. The SMILES string of the molecule is CN1CCCC2(CN=C(C3CCc4ccccc4C3c3cccc(F)c3)O2)C1. The number of likely N-dealkylation sites (tertiary alicyclic amines) is 1. The fraction of sp³-hybridized carbons (Fsp3) is 0.458.